The number of carbonyl (C=O) groups excluding carboxylic acids is 1. The first-order valence-corrected chi connectivity index (χ1v) is 8.18. The molecule has 0 aliphatic heterocycles. The van der Waals surface area contributed by atoms with Gasteiger partial charge in [0, 0.05) is 12.8 Å². The molecule has 0 saturated heterocycles. The summed E-state index contributed by atoms with van der Waals surface area (Å²) in [5.74, 6) is -0.262. The predicted molar refractivity (Wildman–Crippen MR) is 89.7 cm³/mol. The Kier molecular flexibility index (Phi) is 8.48. The lowest BCUT2D eigenvalue weighted by Crippen LogP contribution is -2.15. The van der Waals surface area contributed by atoms with Crippen molar-refractivity contribution < 1.29 is 19.4 Å². The van der Waals surface area contributed by atoms with Gasteiger partial charge in [0.15, 0.2) is 0 Å². The number of unbranched alkanes of at least 4 members (excludes halogenated alkanes) is 1. The van der Waals surface area contributed by atoms with Gasteiger partial charge >= 0.3 is 5.97 Å². The van der Waals surface area contributed by atoms with Gasteiger partial charge in [-0.3, -0.25) is 9.59 Å². The number of aliphatic carboxylic acids is 1. The van der Waals surface area contributed by atoms with Crippen molar-refractivity contribution in [3.63, 3.8) is 0 Å². The van der Waals surface area contributed by atoms with Crippen molar-refractivity contribution in [3.8, 4) is 5.75 Å². The summed E-state index contributed by atoms with van der Waals surface area (Å²) in [6.07, 6.45) is 3.32. The Morgan fingerprint density at radius 1 is 1.30 bits per heavy atom. The van der Waals surface area contributed by atoms with Crippen LogP contribution in [0.25, 0.3) is 0 Å². The summed E-state index contributed by atoms with van der Waals surface area (Å²) < 4.78 is 5.74. The molecule has 0 radical (unpaired) electrons. The van der Waals surface area contributed by atoms with E-state index in [-0.39, 0.29) is 18.2 Å². The Balaban J connectivity index is 2.48. The van der Waals surface area contributed by atoms with Crippen LogP contribution in [0, 0.1) is 5.92 Å². The maximum atomic E-state index is 10.8. The summed E-state index contributed by atoms with van der Waals surface area (Å²) in [4.78, 5) is 21.3. The fraction of sp³-hybridized carbons (Fsp3) is 0.529. The van der Waals surface area contributed by atoms with E-state index in [9.17, 15) is 9.59 Å². The van der Waals surface area contributed by atoms with Crippen molar-refractivity contribution in [1.82, 2.24) is 0 Å². The third kappa shape index (κ3) is 7.88. The van der Waals surface area contributed by atoms with Gasteiger partial charge in [0.1, 0.15) is 5.75 Å². The largest absolute Gasteiger partial charge is 0.492 e. The molecule has 5 nitrogen and oxygen atoms in total. The molecule has 3 N–H and O–H groups in total. The molecule has 0 spiro atoms. The monoisotopic (exact) mass is 341 g/mol. The molecule has 1 aromatic rings. The molecule has 1 atom stereocenters. The number of rotatable bonds is 11. The van der Waals surface area contributed by atoms with E-state index >= 15 is 0 Å². The number of hydrogen-bond acceptors (Lipinski definition) is 3. The van der Waals surface area contributed by atoms with E-state index < -0.39 is 5.97 Å². The number of amides is 1. The van der Waals surface area contributed by atoms with E-state index in [2.05, 4.69) is 0 Å². The average Bonchev–Trinajstić information content (AvgIpc) is 2.49. The SMILES string of the molecule is C[C@H](CCC(N)=O)COc1cccc(CCCCC(=O)O)c1Cl. The van der Waals surface area contributed by atoms with E-state index in [1.165, 1.54) is 0 Å². The van der Waals surface area contributed by atoms with Gasteiger partial charge in [-0.05, 0) is 43.2 Å². The van der Waals surface area contributed by atoms with Crippen LogP contribution in [-0.4, -0.2) is 23.6 Å². The van der Waals surface area contributed by atoms with Crippen molar-refractivity contribution in [2.24, 2.45) is 11.7 Å². The van der Waals surface area contributed by atoms with Crippen molar-refractivity contribution in [3.05, 3.63) is 28.8 Å². The highest BCUT2D eigenvalue weighted by atomic mass is 35.5. The lowest BCUT2D eigenvalue weighted by atomic mass is 10.1. The third-order valence-electron chi connectivity index (χ3n) is 3.54. The van der Waals surface area contributed by atoms with E-state index in [0.29, 0.717) is 36.6 Å². The highest BCUT2D eigenvalue weighted by molar-refractivity contribution is 6.32. The molecule has 1 rings (SSSR count). The molecule has 0 aliphatic carbocycles. The van der Waals surface area contributed by atoms with Crippen LogP contribution in [0.3, 0.4) is 0 Å². The number of halogens is 1. The minimum Gasteiger partial charge on any atom is -0.492 e. The maximum Gasteiger partial charge on any atom is 0.303 e. The van der Waals surface area contributed by atoms with Crippen LogP contribution in [0.1, 0.15) is 44.6 Å². The van der Waals surface area contributed by atoms with Gasteiger partial charge < -0.3 is 15.6 Å². The van der Waals surface area contributed by atoms with Gasteiger partial charge in [-0.15, -0.1) is 0 Å². The van der Waals surface area contributed by atoms with Crippen LogP contribution in [0.2, 0.25) is 5.02 Å². The van der Waals surface area contributed by atoms with E-state index in [1.54, 1.807) is 0 Å². The second-order valence-electron chi connectivity index (χ2n) is 5.75. The van der Waals surface area contributed by atoms with Crippen LogP contribution in [-0.2, 0) is 16.0 Å². The fourth-order valence-corrected chi connectivity index (χ4v) is 2.43. The van der Waals surface area contributed by atoms with Crippen LogP contribution in [0.15, 0.2) is 18.2 Å². The van der Waals surface area contributed by atoms with Gasteiger partial charge in [0.2, 0.25) is 5.91 Å². The quantitative estimate of drug-likeness (QED) is 0.603. The summed E-state index contributed by atoms with van der Waals surface area (Å²) >= 11 is 6.35. The van der Waals surface area contributed by atoms with Crippen LogP contribution < -0.4 is 10.5 Å². The lowest BCUT2D eigenvalue weighted by molar-refractivity contribution is -0.137. The molecular weight excluding hydrogens is 318 g/mol. The number of benzene rings is 1. The number of hydrogen-bond donors (Lipinski definition) is 2. The topological polar surface area (TPSA) is 89.6 Å². The molecule has 1 aromatic carbocycles. The van der Waals surface area contributed by atoms with E-state index in [0.717, 1.165) is 18.4 Å². The van der Waals surface area contributed by atoms with Crippen LogP contribution in [0.4, 0.5) is 0 Å². The molecular formula is C17H24ClNO4. The van der Waals surface area contributed by atoms with Gasteiger partial charge in [0.05, 0.1) is 11.6 Å². The van der Waals surface area contributed by atoms with Crippen molar-refractivity contribution in [2.75, 3.05) is 6.61 Å². The predicted octanol–water partition coefficient (Wildman–Crippen LogP) is 3.42. The maximum absolute atomic E-state index is 10.8. The number of carboxylic acid groups (broad SMARTS) is 1. The fourth-order valence-electron chi connectivity index (χ4n) is 2.16. The number of ether oxygens (including phenoxy) is 1. The summed E-state index contributed by atoms with van der Waals surface area (Å²) in [7, 11) is 0. The Morgan fingerprint density at radius 3 is 2.70 bits per heavy atom. The third-order valence-corrected chi connectivity index (χ3v) is 3.97. The summed E-state index contributed by atoms with van der Waals surface area (Å²) in [6.45, 7) is 2.46. The number of primary amides is 1. The van der Waals surface area contributed by atoms with Gasteiger partial charge in [-0.2, -0.15) is 0 Å². The van der Waals surface area contributed by atoms with Crippen molar-refractivity contribution in [1.29, 1.82) is 0 Å². The Hall–Kier alpha value is -1.75. The van der Waals surface area contributed by atoms with Crippen molar-refractivity contribution >= 4 is 23.5 Å². The molecule has 0 unspecified atom stereocenters. The zero-order chi connectivity index (χ0) is 17.2. The Labute approximate surface area is 141 Å². The average molecular weight is 342 g/mol. The van der Waals surface area contributed by atoms with Gasteiger partial charge in [-0.1, -0.05) is 30.7 Å². The van der Waals surface area contributed by atoms with Crippen molar-refractivity contribution in [2.45, 2.75) is 45.4 Å². The first kappa shape index (κ1) is 19.3. The van der Waals surface area contributed by atoms with Crippen LogP contribution in [0.5, 0.6) is 5.75 Å². The molecule has 0 bridgehead atoms. The number of carbonyl (C=O) groups is 2. The smallest absolute Gasteiger partial charge is 0.303 e. The zero-order valence-corrected chi connectivity index (χ0v) is 14.1. The normalized spacial score (nSPS) is 11.9. The molecule has 128 valence electrons. The summed E-state index contributed by atoms with van der Waals surface area (Å²) in [5, 5.41) is 9.21. The summed E-state index contributed by atoms with van der Waals surface area (Å²) in [6, 6.07) is 5.61. The summed E-state index contributed by atoms with van der Waals surface area (Å²) in [5.41, 5.74) is 6.09. The number of carboxylic acids is 1. The van der Waals surface area contributed by atoms with Gasteiger partial charge in [-0.25, -0.2) is 0 Å². The number of aryl methyl sites for hydroxylation is 1. The number of nitrogens with two attached hydrogens (primary N) is 1. The molecule has 23 heavy (non-hydrogen) atoms. The molecule has 6 heteroatoms. The Bertz CT molecular complexity index is 533. The molecule has 0 aliphatic rings. The molecule has 0 fully saturated rings. The highest BCUT2D eigenvalue weighted by Gasteiger charge is 2.10. The highest BCUT2D eigenvalue weighted by Crippen LogP contribution is 2.29. The minimum atomic E-state index is -0.780. The molecule has 0 aromatic heterocycles. The second-order valence-corrected chi connectivity index (χ2v) is 6.13. The molecule has 0 saturated carbocycles. The minimum absolute atomic E-state index is 0.172. The lowest BCUT2D eigenvalue weighted by Gasteiger charge is -2.15. The van der Waals surface area contributed by atoms with Crippen LogP contribution >= 0.6 is 11.6 Å². The molecule has 1 amide bonds. The molecule has 0 heterocycles. The second kappa shape index (κ2) is 10.1. The van der Waals surface area contributed by atoms with E-state index in [4.69, 9.17) is 27.2 Å². The first-order chi connectivity index (χ1) is 10.9. The first-order valence-electron chi connectivity index (χ1n) is 7.80. The standard InChI is InChI=1S/C17H24ClNO4/c1-12(9-10-15(19)20)11-23-14-7-4-6-13(17(14)18)5-2-3-8-16(21)22/h4,6-7,12H,2-3,5,8-11H2,1H3,(H2,19,20)(H,21,22)/t12-/m1/s1. The Morgan fingerprint density at radius 2 is 2.04 bits per heavy atom. The van der Waals surface area contributed by atoms with Gasteiger partial charge in [0.25, 0.3) is 0 Å². The zero-order valence-electron chi connectivity index (χ0n) is 13.4. The van der Waals surface area contributed by atoms with E-state index in [1.807, 2.05) is 25.1 Å².